The van der Waals surface area contributed by atoms with E-state index in [1.54, 1.807) is 18.3 Å². The fraction of sp³-hybridized carbons (Fsp3) is 0.346. The molecule has 1 saturated carbocycles. The highest BCUT2D eigenvalue weighted by Gasteiger charge is 2.17. The molecule has 3 aromatic rings. The van der Waals surface area contributed by atoms with Crippen LogP contribution in [0.5, 0.6) is 0 Å². The van der Waals surface area contributed by atoms with Gasteiger partial charge in [0.2, 0.25) is 0 Å². The third-order valence-electron chi connectivity index (χ3n) is 6.06. The van der Waals surface area contributed by atoms with E-state index in [1.807, 2.05) is 42.5 Å². The number of carbonyl (C=O) groups is 1. The van der Waals surface area contributed by atoms with Crippen molar-refractivity contribution in [1.82, 2.24) is 9.97 Å². The van der Waals surface area contributed by atoms with Gasteiger partial charge in [-0.05, 0) is 36.5 Å². The molecule has 1 fully saturated rings. The Kier molecular flexibility index (Phi) is 7.05. The van der Waals surface area contributed by atoms with Gasteiger partial charge in [-0.1, -0.05) is 74.6 Å². The normalized spacial score (nSPS) is 14.4. The molecule has 2 aromatic carbocycles. The Morgan fingerprint density at radius 3 is 2.45 bits per heavy atom. The minimum absolute atomic E-state index is 0.0169. The molecule has 2 N–H and O–H groups in total. The van der Waals surface area contributed by atoms with Crippen molar-refractivity contribution in [3.63, 3.8) is 0 Å². The van der Waals surface area contributed by atoms with Crippen molar-refractivity contribution in [2.75, 3.05) is 5.32 Å². The molecule has 0 saturated heterocycles. The Morgan fingerprint density at radius 2 is 1.74 bits per heavy atom. The van der Waals surface area contributed by atoms with E-state index in [-0.39, 0.29) is 12.5 Å². The molecule has 0 atom stereocenters. The zero-order valence-corrected chi connectivity index (χ0v) is 17.8. The average molecular weight is 416 g/mol. The number of aromatic nitrogens is 2. The van der Waals surface area contributed by atoms with Crippen LogP contribution in [0, 0.1) is 5.92 Å². The Labute approximate surface area is 183 Å². The molecule has 0 unspecified atom stereocenters. The van der Waals surface area contributed by atoms with E-state index in [2.05, 4.69) is 10.3 Å². The molecule has 4 rings (SSSR count). The van der Waals surface area contributed by atoms with Gasteiger partial charge in [-0.3, -0.25) is 4.79 Å². The predicted molar refractivity (Wildman–Crippen MR) is 123 cm³/mol. The molecule has 5 nitrogen and oxygen atoms in total. The van der Waals surface area contributed by atoms with Crippen LogP contribution >= 0.6 is 0 Å². The fourth-order valence-corrected chi connectivity index (χ4v) is 4.21. The van der Waals surface area contributed by atoms with Crippen LogP contribution < -0.4 is 5.32 Å². The van der Waals surface area contributed by atoms with Crippen LogP contribution in [-0.2, 0) is 13.0 Å². The quantitative estimate of drug-likeness (QED) is 0.542. The monoisotopic (exact) mass is 415 g/mol. The largest absolute Gasteiger partial charge is 0.392 e. The van der Waals surface area contributed by atoms with Crippen molar-refractivity contribution < 1.29 is 9.90 Å². The summed E-state index contributed by atoms with van der Waals surface area (Å²) in [4.78, 5) is 22.2. The minimum Gasteiger partial charge on any atom is -0.392 e. The predicted octanol–water partition coefficient (Wildman–Crippen LogP) is 5.40. The first kappa shape index (κ1) is 21.2. The molecule has 0 bridgehead atoms. The molecular formula is C26H29N3O2. The highest BCUT2D eigenvalue weighted by atomic mass is 16.3. The van der Waals surface area contributed by atoms with E-state index >= 15 is 0 Å². The van der Waals surface area contributed by atoms with Gasteiger partial charge >= 0.3 is 0 Å². The van der Waals surface area contributed by atoms with E-state index in [4.69, 9.17) is 4.98 Å². The molecule has 0 radical (unpaired) electrons. The van der Waals surface area contributed by atoms with Gasteiger partial charge in [-0.2, -0.15) is 0 Å². The van der Waals surface area contributed by atoms with Crippen LogP contribution in [-0.4, -0.2) is 21.0 Å². The number of hydrogen-bond donors (Lipinski definition) is 2. The van der Waals surface area contributed by atoms with Gasteiger partial charge in [0, 0.05) is 11.1 Å². The molecular weight excluding hydrogens is 386 g/mol. The summed E-state index contributed by atoms with van der Waals surface area (Å²) >= 11 is 0. The number of aryl methyl sites for hydroxylation is 1. The zero-order valence-electron chi connectivity index (χ0n) is 17.8. The number of aliphatic hydroxyl groups excluding tert-OH is 1. The van der Waals surface area contributed by atoms with Crippen molar-refractivity contribution in [3.8, 4) is 11.3 Å². The smallest absolute Gasteiger partial charge is 0.256 e. The Hall–Kier alpha value is -3.05. The van der Waals surface area contributed by atoms with Gasteiger partial charge in [0.05, 0.1) is 24.2 Å². The van der Waals surface area contributed by atoms with E-state index in [9.17, 15) is 9.90 Å². The molecule has 160 valence electrons. The lowest BCUT2D eigenvalue weighted by Gasteiger charge is -2.21. The number of benzene rings is 2. The van der Waals surface area contributed by atoms with Gasteiger partial charge in [0.1, 0.15) is 0 Å². The van der Waals surface area contributed by atoms with Crippen molar-refractivity contribution in [2.24, 2.45) is 5.92 Å². The Morgan fingerprint density at radius 1 is 1.00 bits per heavy atom. The minimum atomic E-state index is -0.172. The van der Waals surface area contributed by atoms with Gasteiger partial charge < -0.3 is 10.4 Å². The summed E-state index contributed by atoms with van der Waals surface area (Å²) in [5.41, 5.74) is 4.02. The SMILES string of the molecule is O=C(Nc1ncc(-c2ccc(CO)cc2)nc1CCC1CCCCC1)c1ccccc1. The lowest BCUT2D eigenvalue weighted by Crippen LogP contribution is -2.16. The Bertz CT molecular complexity index is 997. The fourth-order valence-electron chi connectivity index (χ4n) is 4.21. The Balaban J connectivity index is 1.58. The number of rotatable bonds is 7. The van der Waals surface area contributed by atoms with Crippen molar-refractivity contribution in [3.05, 3.63) is 77.6 Å². The molecule has 1 aliphatic carbocycles. The summed E-state index contributed by atoms with van der Waals surface area (Å²) in [5.74, 6) is 1.09. The zero-order chi connectivity index (χ0) is 21.5. The second-order valence-electron chi connectivity index (χ2n) is 8.27. The molecule has 1 amide bonds. The van der Waals surface area contributed by atoms with Gasteiger partial charge in [0.25, 0.3) is 5.91 Å². The molecule has 1 aliphatic rings. The van der Waals surface area contributed by atoms with Crippen LogP contribution in [0.2, 0.25) is 0 Å². The van der Waals surface area contributed by atoms with E-state index in [0.29, 0.717) is 11.4 Å². The highest BCUT2D eigenvalue weighted by molar-refractivity contribution is 6.04. The third kappa shape index (κ3) is 5.56. The lowest BCUT2D eigenvalue weighted by atomic mass is 9.86. The maximum atomic E-state index is 12.7. The number of anilines is 1. The molecule has 0 aliphatic heterocycles. The summed E-state index contributed by atoms with van der Waals surface area (Å²) in [6, 6.07) is 16.9. The molecule has 5 heteroatoms. The second-order valence-corrected chi connectivity index (χ2v) is 8.27. The summed E-state index contributed by atoms with van der Waals surface area (Å²) < 4.78 is 0. The van der Waals surface area contributed by atoms with Crippen LogP contribution in [0.1, 0.15) is 60.1 Å². The third-order valence-corrected chi connectivity index (χ3v) is 6.06. The average Bonchev–Trinajstić information content (AvgIpc) is 2.84. The van der Waals surface area contributed by atoms with E-state index in [0.717, 1.165) is 41.3 Å². The molecule has 0 spiro atoms. The first-order chi connectivity index (χ1) is 15.2. The van der Waals surface area contributed by atoms with Crippen LogP contribution in [0.25, 0.3) is 11.3 Å². The standard InChI is InChI=1S/C26H29N3O2/c30-18-20-11-14-21(15-12-20)24-17-27-25(29-26(31)22-9-5-2-6-10-22)23(28-24)16-13-19-7-3-1-4-8-19/h2,5-6,9-12,14-15,17,19,30H,1,3-4,7-8,13,16,18H2,(H,27,29,31). The van der Waals surface area contributed by atoms with Gasteiger partial charge in [-0.25, -0.2) is 9.97 Å². The number of nitrogens with one attached hydrogen (secondary N) is 1. The van der Waals surface area contributed by atoms with Crippen molar-refractivity contribution >= 4 is 11.7 Å². The number of aliphatic hydroxyl groups is 1. The number of amides is 1. The van der Waals surface area contributed by atoms with Gasteiger partial charge in [0.15, 0.2) is 5.82 Å². The highest BCUT2D eigenvalue weighted by Crippen LogP contribution is 2.29. The first-order valence-electron chi connectivity index (χ1n) is 11.2. The maximum absolute atomic E-state index is 12.7. The van der Waals surface area contributed by atoms with Crippen molar-refractivity contribution in [2.45, 2.75) is 51.6 Å². The second kappa shape index (κ2) is 10.3. The number of nitrogens with zero attached hydrogens (tertiary/aromatic N) is 2. The lowest BCUT2D eigenvalue weighted by molar-refractivity contribution is 0.102. The first-order valence-corrected chi connectivity index (χ1v) is 11.2. The van der Waals surface area contributed by atoms with Crippen molar-refractivity contribution in [1.29, 1.82) is 0 Å². The van der Waals surface area contributed by atoms with Gasteiger partial charge in [-0.15, -0.1) is 0 Å². The summed E-state index contributed by atoms with van der Waals surface area (Å²) in [6.07, 6.45) is 10.1. The summed E-state index contributed by atoms with van der Waals surface area (Å²) in [5, 5.41) is 12.2. The van der Waals surface area contributed by atoms with E-state index < -0.39 is 0 Å². The van der Waals surface area contributed by atoms with Crippen LogP contribution in [0.15, 0.2) is 60.8 Å². The van der Waals surface area contributed by atoms with Crippen LogP contribution in [0.4, 0.5) is 5.82 Å². The molecule has 31 heavy (non-hydrogen) atoms. The molecule has 1 heterocycles. The molecule has 1 aromatic heterocycles. The topological polar surface area (TPSA) is 75.1 Å². The summed E-state index contributed by atoms with van der Waals surface area (Å²) in [6.45, 7) is 0.0169. The van der Waals surface area contributed by atoms with E-state index in [1.165, 1.54) is 32.1 Å². The number of hydrogen-bond acceptors (Lipinski definition) is 4. The summed E-state index contributed by atoms with van der Waals surface area (Å²) in [7, 11) is 0. The van der Waals surface area contributed by atoms with Crippen LogP contribution in [0.3, 0.4) is 0 Å². The maximum Gasteiger partial charge on any atom is 0.256 e. The number of carbonyl (C=O) groups excluding carboxylic acids is 1.